The van der Waals surface area contributed by atoms with Crippen LogP contribution in [0.4, 0.5) is 19.0 Å². The van der Waals surface area contributed by atoms with Crippen LogP contribution in [-0.4, -0.2) is 22.3 Å². The average molecular weight is 394 g/mol. The molecule has 0 spiro atoms. The van der Waals surface area contributed by atoms with Crippen LogP contribution in [0.1, 0.15) is 24.3 Å². The highest BCUT2D eigenvalue weighted by Gasteiger charge is 2.28. The van der Waals surface area contributed by atoms with Crippen LogP contribution >= 0.6 is 11.6 Å². The second kappa shape index (κ2) is 6.56. The second-order valence-corrected chi connectivity index (χ2v) is 6.96. The molecule has 0 bridgehead atoms. The van der Waals surface area contributed by atoms with E-state index in [2.05, 4.69) is 10.3 Å². The Morgan fingerprint density at radius 3 is 2.59 bits per heavy atom. The van der Waals surface area contributed by atoms with Gasteiger partial charge in [0.2, 0.25) is 0 Å². The lowest BCUT2D eigenvalue weighted by Crippen LogP contribution is -2.27. The summed E-state index contributed by atoms with van der Waals surface area (Å²) in [6.07, 6.45) is -2.29. The van der Waals surface area contributed by atoms with E-state index in [1.165, 1.54) is 4.57 Å². The van der Waals surface area contributed by atoms with Gasteiger partial charge in [0.25, 0.3) is 0 Å². The van der Waals surface area contributed by atoms with E-state index in [4.69, 9.17) is 11.6 Å². The van der Waals surface area contributed by atoms with Crippen molar-refractivity contribution in [2.45, 2.75) is 24.9 Å². The summed E-state index contributed by atoms with van der Waals surface area (Å²) in [5, 5.41) is 3.03. The van der Waals surface area contributed by atoms with Crippen LogP contribution in [0.15, 0.2) is 47.3 Å². The smallest absolute Gasteiger partial charge is 0.360 e. The zero-order valence-electron chi connectivity index (χ0n) is 14.1. The summed E-state index contributed by atoms with van der Waals surface area (Å²) in [5.41, 5.74) is 1.29. The minimum Gasteiger partial charge on any atom is -0.360 e. The molecule has 140 valence electrons. The van der Waals surface area contributed by atoms with Gasteiger partial charge in [0.15, 0.2) is 0 Å². The molecule has 1 fully saturated rings. The van der Waals surface area contributed by atoms with Gasteiger partial charge >= 0.3 is 11.9 Å². The lowest BCUT2D eigenvalue weighted by molar-refractivity contribution is -0.115. The number of fused-ring (bicyclic) bond motifs is 1. The minimum absolute atomic E-state index is 0.0852. The third kappa shape index (κ3) is 3.64. The Labute approximate surface area is 157 Å². The zero-order chi connectivity index (χ0) is 19.2. The van der Waals surface area contributed by atoms with E-state index in [-0.39, 0.29) is 5.82 Å². The molecule has 1 aliphatic rings. The normalized spacial score (nSPS) is 14.5. The Kier molecular flexibility index (Phi) is 4.34. The molecular weight excluding hydrogens is 379 g/mol. The maximum Gasteiger partial charge on any atom is 0.405 e. The van der Waals surface area contributed by atoms with Crippen LogP contribution < -0.4 is 11.0 Å². The summed E-state index contributed by atoms with van der Waals surface area (Å²) < 4.78 is 39.2. The monoisotopic (exact) mass is 393 g/mol. The summed E-state index contributed by atoms with van der Waals surface area (Å²) in [6.45, 7) is -1.27. The fourth-order valence-corrected chi connectivity index (χ4v) is 3.32. The Balaban J connectivity index is 1.94. The van der Waals surface area contributed by atoms with Crippen molar-refractivity contribution in [1.29, 1.82) is 0 Å². The number of para-hydroxylation sites is 1. The van der Waals surface area contributed by atoms with E-state index in [9.17, 15) is 18.0 Å². The van der Waals surface area contributed by atoms with Gasteiger partial charge in [-0.05, 0) is 48.6 Å². The van der Waals surface area contributed by atoms with Gasteiger partial charge in [-0.3, -0.25) is 4.57 Å². The number of nitrogens with one attached hydrogen (secondary N) is 1. The molecule has 4 rings (SSSR count). The van der Waals surface area contributed by atoms with Crippen molar-refractivity contribution in [3.63, 3.8) is 0 Å². The Morgan fingerprint density at radius 1 is 1.19 bits per heavy atom. The number of hydrogen-bond acceptors (Lipinski definition) is 3. The van der Waals surface area contributed by atoms with E-state index in [1.54, 1.807) is 30.3 Å². The molecule has 8 heteroatoms. The van der Waals surface area contributed by atoms with Crippen LogP contribution in [0.25, 0.3) is 16.6 Å². The van der Waals surface area contributed by atoms with Crippen LogP contribution in [0.5, 0.6) is 0 Å². The fraction of sp³-hybridized carbons (Fsp3) is 0.263. The van der Waals surface area contributed by atoms with E-state index in [0.717, 1.165) is 18.4 Å². The first-order chi connectivity index (χ1) is 12.8. The van der Waals surface area contributed by atoms with E-state index < -0.39 is 18.4 Å². The topological polar surface area (TPSA) is 46.9 Å². The number of halogens is 4. The third-order valence-electron chi connectivity index (χ3n) is 4.51. The van der Waals surface area contributed by atoms with Crippen molar-refractivity contribution in [2.24, 2.45) is 0 Å². The average Bonchev–Trinajstić information content (AvgIpc) is 3.45. The zero-order valence-corrected chi connectivity index (χ0v) is 14.8. The molecule has 1 aliphatic carbocycles. The van der Waals surface area contributed by atoms with E-state index in [0.29, 0.717) is 27.5 Å². The summed E-state index contributed by atoms with van der Waals surface area (Å²) >= 11 is 6.25. The van der Waals surface area contributed by atoms with Gasteiger partial charge in [-0.15, -0.1) is 0 Å². The number of rotatable bonds is 4. The van der Waals surface area contributed by atoms with E-state index in [1.807, 2.05) is 12.1 Å². The molecule has 27 heavy (non-hydrogen) atoms. The first kappa shape index (κ1) is 17.9. The van der Waals surface area contributed by atoms with Gasteiger partial charge in [-0.1, -0.05) is 29.8 Å². The predicted octanol–water partition coefficient (Wildman–Crippen LogP) is 4.89. The largest absolute Gasteiger partial charge is 0.405 e. The Bertz CT molecular complexity index is 1070. The molecular formula is C19H15ClF3N3O. The van der Waals surface area contributed by atoms with Crippen LogP contribution in [-0.2, 0) is 0 Å². The Hall–Kier alpha value is -2.54. The van der Waals surface area contributed by atoms with Crippen LogP contribution in [0, 0.1) is 0 Å². The fourth-order valence-electron chi connectivity index (χ4n) is 3.10. The summed E-state index contributed by atoms with van der Waals surface area (Å²) in [7, 11) is 0. The molecule has 0 amide bonds. The van der Waals surface area contributed by atoms with Gasteiger partial charge in [-0.25, -0.2) is 4.79 Å². The molecule has 0 aliphatic heterocycles. The van der Waals surface area contributed by atoms with Gasteiger partial charge in [0.05, 0.1) is 16.2 Å². The van der Waals surface area contributed by atoms with Gasteiger partial charge in [0, 0.05) is 5.39 Å². The molecule has 0 atom stereocenters. The number of benzene rings is 2. The molecule has 1 N–H and O–H groups in total. The highest BCUT2D eigenvalue weighted by molar-refractivity contribution is 6.32. The standard InChI is InChI=1S/C19H15ClF3N3O/c20-14-3-1-2-4-15(14)26-16-9-12(11-5-6-11)7-8-13(16)17(25-18(26)27)24-10-19(21,22)23/h1-4,7-9,11H,5-6,10H2,(H,24,25,27). The number of aromatic nitrogens is 2. The molecule has 0 radical (unpaired) electrons. The molecule has 1 aromatic heterocycles. The van der Waals surface area contributed by atoms with Crippen molar-refractivity contribution in [3.05, 3.63) is 63.5 Å². The molecule has 0 saturated heterocycles. The first-order valence-electron chi connectivity index (χ1n) is 8.46. The Morgan fingerprint density at radius 2 is 1.93 bits per heavy atom. The lowest BCUT2D eigenvalue weighted by Gasteiger charge is -2.16. The molecule has 0 unspecified atom stereocenters. The number of anilines is 1. The van der Waals surface area contributed by atoms with E-state index >= 15 is 0 Å². The molecule has 1 saturated carbocycles. The summed E-state index contributed by atoms with van der Waals surface area (Å²) in [4.78, 5) is 16.5. The lowest BCUT2D eigenvalue weighted by atomic mass is 10.1. The van der Waals surface area contributed by atoms with Gasteiger partial charge in [-0.2, -0.15) is 18.2 Å². The highest BCUT2D eigenvalue weighted by atomic mass is 35.5. The predicted molar refractivity (Wildman–Crippen MR) is 98.9 cm³/mol. The maximum absolute atomic E-state index is 12.7. The molecule has 4 nitrogen and oxygen atoms in total. The molecule has 2 aromatic carbocycles. The first-order valence-corrected chi connectivity index (χ1v) is 8.83. The highest BCUT2D eigenvalue weighted by Crippen LogP contribution is 2.41. The van der Waals surface area contributed by atoms with Crippen molar-refractivity contribution >= 4 is 28.3 Å². The SMILES string of the molecule is O=c1nc(NCC(F)(F)F)c2ccc(C3CC3)cc2n1-c1ccccc1Cl. The van der Waals surface area contributed by atoms with Crippen LogP contribution in [0.2, 0.25) is 5.02 Å². The van der Waals surface area contributed by atoms with Crippen molar-refractivity contribution < 1.29 is 13.2 Å². The number of nitrogens with zero attached hydrogens (tertiary/aromatic N) is 2. The molecule has 1 heterocycles. The van der Waals surface area contributed by atoms with Gasteiger partial charge < -0.3 is 5.32 Å². The third-order valence-corrected chi connectivity index (χ3v) is 4.83. The summed E-state index contributed by atoms with van der Waals surface area (Å²) in [5.74, 6) is 0.335. The van der Waals surface area contributed by atoms with Gasteiger partial charge in [0.1, 0.15) is 12.4 Å². The maximum atomic E-state index is 12.7. The summed E-state index contributed by atoms with van der Waals surface area (Å²) in [6, 6.07) is 12.2. The van der Waals surface area contributed by atoms with Crippen molar-refractivity contribution in [2.75, 3.05) is 11.9 Å². The minimum atomic E-state index is -4.42. The number of alkyl halides is 3. The quantitative estimate of drug-likeness (QED) is 0.686. The second-order valence-electron chi connectivity index (χ2n) is 6.55. The van der Waals surface area contributed by atoms with Crippen molar-refractivity contribution in [1.82, 2.24) is 9.55 Å². The van der Waals surface area contributed by atoms with Crippen LogP contribution in [0.3, 0.4) is 0 Å². The molecule has 3 aromatic rings. The number of hydrogen-bond donors (Lipinski definition) is 1. The van der Waals surface area contributed by atoms with Crippen molar-refractivity contribution in [3.8, 4) is 5.69 Å².